The average molecular weight is 813 g/mol. The second-order valence-corrected chi connectivity index (χ2v) is 17.6. The van der Waals surface area contributed by atoms with E-state index in [-0.39, 0.29) is 65.8 Å². The number of carbonyl (C=O) groups excluding carboxylic acids is 4. The Labute approximate surface area is 327 Å². The molecule has 1 unspecified atom stereocenters. The maximum atomic E-state index is 13.8. The topological polar surface area (TPSA) is 213 Å². The standard InChI is InChI=1S/C38H46F2N8O8S/c1-38(54)15-7-10-28(38)48-32-22(20-25(31(39)40)35(48)52)21-42-37(45-32)43-23-13-17-46(18-14-23)57(55,56)19-5-3-2-4-16-41-26-9-6-8-24-30(26)36(53)47(34(24)51)27-11-12-29(49)44-33(27)50/h6,8-9,20-21,23,27-28,31,41,54H,2-5,7,10-19H2,1H3,(H,42,43,45)(H,44,49,50)/t27?,28-,38-/m1/s1. The highest BCUT2D eigenvalue weighted by molar-refractivity contribution is 7.89. The molecule has 3 fully saturated rings. The lowest BCUT2D eigenvalue weighted by molar-refractivity contribution is -0.136. The fourth-order valence-corrected chi connectivity index (χ4v) is 10.0. The van der Waals surface area contributed by atoms with Crippen LogP contribution in [0.25, 0.3) is 11.0 Å². The number of unbranched alkanes of at least 4 members (excludes halogenated alkanes) is 3. The molecule has 0 bridgehead atoms. The molecule has 7 rings (SSSR count). The van der Waals surface area contributed by atoms with E-state index >= 15 is 0 Å². The molecule has 1 aromatic carbocycles. The van der Waals surface area contributed by atoms with E-state index in [9.17, 15) is 46.3 Å². The molecular weight excluding hydrogens is 767 g/mol. The number of sulfonamides is 1. The number of anilines is 2. The number of nitrogens with zero attached hydrogens (tertiary/aromatic N) is 5. The predicted molar refractivity (Wildman–Crippen MR) is 204 cm³/mol. The summed E-state index contributed by atoms with van der Waals surface area (Å²) < 4.78 is 56.7. The number of amides is 4. The summed E-state index contributed by atoms with van der Waals surface area (Å²) in [5, 5.41) is 19.8. The highest BCUT2D eigenvalue weighted by Crippen LogP contribution is 2.40. The van der Waals surface area contributed by atoms with Crippen molar-refractivity contribution in [3.63, 3.8) is 0 Å². The molecule has 4 N–H and O–H groups in total. The van der Waals surface area contributed by atoms with Gasteiger partial charge in [0, 0.05) is 49.4 Å². The first-order valence-electron chi connectivity index (χ1n) is 19.4. The summed E-state index contributed by atoms with van der Waals surface area (Å²) in [6, 6.07) is 4.02. The third-order valence-electron chi connectivity index (χ3n) is 11.5. The first-order valence-corrected chi connectivity index (χ1v) is 21.0. The first-order chi connectivity index (χ1) is 27.2. The van der Waals surface area contributed by atoms with Gasteiger partial charge in [-0.15, -0.1) is 0 Å². The van der Waals surface area contributed by atoms with Gasteiger partial charge in [-0.2, -0.15) is 4.98 Å². The fourth-order valence-electron chi connectivity index (χ4n) is 8.43. The van der Waals surface area contributed by atoms with Crippen molar-refractivity contribution in [3.8, 4) is 0 Å². The number of alkyl halides is 2. The SMILES string of the molecule is C[C@@]1(O)CCC[C@H]1n1c(=O)c(C(F)F)cc2cnc(NC3CCN(S(=O)(=O)CCCCCCNc4cccc5c4C(=O)N(C4CCC(=O)NC4=O)C5=O)CC3)nc21. The Hall–Kier alpha value is -4.88. The minimum Gasteiger partial charge on any atom is -0.388 e. The molecule has 0 radical (unpaired) electrons. The van der Waals surface area contributed by atoms with E-state index in [1.54, 1.807) is 19.1 Å². The van der Waals surface area contributed by atoms with Crippen molar-refractivity contribution in [2.75, 3.05) is 36.0 Å². The quantitative estimate of drug-likeness (QED) is 0.136. The van der Waals surface area contributed by atoms with Gasteiger partial charge in [-0.25, -0.2) is 26.5 Å². The Morgan fingerprint density at radius 3 is 2.47 bits per heavy atom. The number of carbonyl (C=O) groups is 4. The third-order valence-corrected chi connectivity index (χ3v) is 13.5. The van der Waals surface area contributed by atoms with E-state index in [1.807, 2.05) is 0 Å². The molecule has 0 spiro atoms. The Kier molecular flexibility index (Phi) is 11.4. The van der Waals surface area contributed by atoms with Crippen molar-refractivity contribution in [2.24, 2.45) is 0 Å². The van der Waals surface area contributed by atoms with Crippen molar-refractivity contribution >= 4 is 56.3 Å². The Bertz CT molecular complexity index is 2260. The van der Waals surface area contributed by atoms with Gasteiger partial charge in [-0.3, -0.25) is 38.8 Å². The van der Waals surface area contributed by atoms with E-state index in [0.29, 0.717) is 63.6 Å². The molecule has 1 saturated carbocycles. The van der Waals surface area contributed by atoms with Gasteiger partial charge in [-0.1, -0.05) is 18.9 Å². The maximum absolute atomic E-state index is 13.8. The number of halogens is 2. The van der Waals surface area contributed by atoms with Crippen LogP contribution in [0.15, 0.2) is 35.3 Å². The molecule has 4 aliphatic rings. The van der Waals surface area contributed by atoms with Gasteiger partial charge in [0.15, 0.2) is 0 Å². The van der Waals surface area contributed by atoms with Crippen LogP contribution in [0.5, 0.6) is 0 Å². The summed E-state index contributed by atoms with van der Waals surface area (Å²) in [6.45, 7) is 2.64. The normalized spacial score (nSPS) is 23.4. The number of aromatic nitrogens is 3. The Morgan fingerprint density at radius 1 is 1.02 bits per heavy atom. The zero-order valence-electron chi connectivity index (χ0n) is 31.5. The van der Waals surface area contributed by atoms with Crippen molar-refractivity contribution in [1.82, 2.24) is 29.1 Å². The van der Waals surface area contributed by atoms with E-state index in [4.69, 9.17) is 0 Å². The number of pyridine rings is 1. The monoisotopic (exact) mass is 812 g/mol. The summed E-state index contributed by atoms with van der Waals surface area (Å²) in [5.74, 6) is -2.10. The molecule has 2 aromatic heterocycles. The second-order valence-electron chi connectivity index (χ2n) is 15.5. The lowest BCUT2D eigenvalue weighted by Gasteiger charge is -2.32. The highest BCUT2D eigenvalue weighted by Gasteiger charge is 2.46. The summed E-state index contributed by atoms with van der Waals surface area (Å²) in [7, 11) is -3.51. The molecule has 3 aliphatic heterocycles. The molecule has 5 heterocycles. The van der Waals surface area contributed by atoms with E-state index in [0.717, 1.165) is 17.4 Å². The number of hydrogen-bond donors (Lipinski definition) is 4. The van der Waals surface area contributed by atoms with Gasteiger partial charge in [0.25, 0.3) is 23.8 Å². The van der Waals surface area contributed by atoms with Crippen molar-refractivity contribution in [3.05, 3.63) is 57.5 Å². The van der Waals surface area contributed by atoms with Crippen LogP contribution in [0.4, 0.5) is 20.4 Å². The Morgan fingerprint density at radius 2 is 1.77 bits per heavy atom. The molecular formula is C38H46F2N8O8S. The van der Waals surface area contributed by atoms with Crippen molar-refractivity contribution in [1.29, 1.82) is 0 Å². The minimum atomic E-state index is -3.51. The molecule has 4 amide bonds. The number of piperidine rings is 2. The van der Waals surface area contributed by atoms with Gasteiger partial charge < -0.3 is 15.7 Å². The zero-order chi connectivity index (χ0) is 40.6. The van der Waals surface area contributed by atoms with Crippen molar-refractivity contribution < 1.29 is 41.5 Å². The van der Waals surface area contributed by atoms with Gasteiger partial charge in [0.1, 0.15) is 11.7 Å². The summed E-state index contributed by atoms with van der Waals surface area (Å²) in [5.41, 5.74) is -1.84. The predicted octanol–water partition coefficient (Wildman–Crippen LogP) is 3.48. The van der Waals surface area contributed by atoms with E-state index in [1.165, 1.54) is 21.1 Å². The molecule has 19 heteroatoms. The number of rotatable bonds is 14. The zero-order valence-corrected chi connectivity index (χ0v) is 32.3. The second kappa shape index (κ2) is 16.2. The van der Waals surface area contributed by atoms with Crippen LogP contribution < -0.4 is 21.5 Å². The van der Waals surface area contributed by atoms with Crippen LogP contribution in [0.1, 0.15) is 116 Å². The van der Waals surface area contributed by atoms with Crippen LogP contribution >= 0.6 is 0 Å². The van der Waals surface area contributed by atoms with Crippen LogP contribution in [0.3, 0.4) is 0 Å². The van der Waals surface area contributed by atoms with Gasteiger partial charge in [-0.05, 0) is 76.5 Å². The average Bonchev–Trinajstić information content (AvgIpc) is 3.65. The smallest absolute Gasteiger partial charge is 0.269 e. The van der Waals surface area contributed by atoms with Crippen LogP contribution in [-0.4, -0.2) is 104 Å². The van der Waals surface area contributed by atoms with Crippen molar-refractivity contribution in [2.45, 2.75) is 108 Å². The lowest BCUT2D eigenvalue weighted by Crippen LogP contribution is -2.54. The van der Waals surface area contributed by atoms with Gasteiger partial charge in [0.2, 0.25) is 27.8 Å². The van der Waals surface area contributed by atoms with E-state index < -0.39 is 68.9 Å². The lowest BCUT2D eigenvalue weighted by atomic mass is 9.99. The summed E-state index contributed by atoms with van der Waals surface area (Å²) in [4.78, 5) is 73.3. The van der Waals surface area contributed by atoms with Gasteiger partial charge in [0.05, 0.1) is 34.1 Å². The molecule has 3 atom stereocenters. The molecule has 3 aromatic rings. The van der Waals surface area contributed by atoms with E-state index in [2.05, 4.69) is 25.9 Å². The molecule has 57 heavy (non-hydrogen) atoms. The molecule has 306 valence electrons. The number of aliphatic hydroxyl groups is 1. The van der Waals surface area contributed by atoms with Crippen LogP contribution in [-0.2, 0) is 19.6 Å². The largest absolute Gasteiger partial charge is 0.388 e. The number of imide groups is 2. The highest BCUT2D eigenvalue weighted by atomic mass is 32.2. The summed E-state index contributed by atoms with van der Waals surface area (Å²) in [6.07, 6.45) is 3.43. The number of fused-ring (bicyclic) bond motifs is 2. The first kappa shape index (κ1) is 40.3. The number of hydrogen-bond acceptors (Lipinski definition) is 12. The Balaban J connectivity index is 0.871. The molecule has 2 saturated heterocycles. The maximum Gasteiger partial charge on any atom is 0.269 e. The number of benzene rings is 1. The fraction of sp³-hybridized carbons (Fsp3) is 0.553. The molecule has 1 aliphatic carbocycles. The van der Waals surface area contributed by atoms with Crippen LogP contribution in [0.2, 0.25) is 0 Å². The van der Waals surface area contributed by atoms with Gasteiger partial charge >= 0.3 is 0 Å². The molecule has 16 nitrogen and oxygen atoms in total. The minimum absolute atomic E-state index is 0.00559. The summed E-state index contributed by atoms with van der Waals surface area (Å²) >= 11 is 0. The number of nitrogens with one attached hydrogen (secondary N) is 3. The van der Waals surface area contributed by atoms with Crippen LogP contribution in [0, 0.1) is 0 Å². The third kappa shape index (κ3) is 8.14.